The van der Waals surface area contributed by atoms with Crippen molar-refractivity contribution in [2.75, 3.05) is 19.0 Å². The fourth-order valence-corrected chi connectivity index (χ4v) is 2.52. The summed E-state index contributed by atoms with van der Waals surface area (Å²) in [6, 6.07) is 5.11. The lowest BCUT2D eigenvalue weighted by molar-refractivity contribution is 0.0599. The van der Waals surface area contributed by atoms with Gasteiger partial charge in [-0.2, -0.15) is 0 Å². The number of methoxy groups -OCH3 is 1. The van der Waals surface area contributed by atoms with E-state index >= 15 is 0 Å². The van der Waals surface area contributed by atoms with Gasteiger partial charge in [-0.3, -0.25) is 4.98 Å². The van der Waals surface area contributed by atoms with E-state index in [0.29, 0.717) is 51.4 Å². The van der Waals surface area contributed by atoms with Gasteiger partial charge in [0.15, 0.2) is 16.5 Å². The summed E-state index contributed by atoms with van der Waals surface area (Å²) in [5.74, 6) is 0.911. The Kier molecular flexibility index (Phi) is 5.41. The minimum absolute atomic E-state index is 0.344. The van der Waals surface area contributed by atoms with Crippen molar-refractivity contribution >= 4 is 40.3 Å². The van der Waals surface area contributed by atoms with Gasteiger partial charge in [0.25, 0.3) is 0 Å². The highest BCUT2D eigenvalue weighted by molar-refractivity contribution is 7.80. The number of nitrogens with zero attached hydrogens (tertiary/aromatic N) is 3. The number of ether oxygens (including phenoxy) is 1. The van der Waals surface area contributed by atoms with E-state index in [1.165, 1.54) is 7.11 Å². The summed E-state index contributed by atoms with van der Waals surface area (Å²) < 4.78 is 10.4. The molecule has 27 heavy (non-hydrogen) atoms. The number of anilines is 1. The van der Waals surface area contributed by atoms with Gasteiger partial charge in [-0.25, -0.2) is 14.8 Å². The number of thiocarbonyl (C=S) groups is 1. The Morgan fingerprint density at radius 1 is 1.41 bits per heavy atom. The first-order valence-electron chi connectivity index (χ1n) is 8.00. The number of fused-ring (bicyclic) bond motifs is 1. The van der Waals surface area contributed by atoms with E-state index in [-0.39, 0.29) is 0 Å². The Hall–Kier alpha value is -3.33. The minimum Gasteiger partial charge on any atom is -0.465 e. The summed E-state index contributed by atoms with van der Waals surface area (Å²) >= 11 is 5.17. The molecule has 0 radical (unpaired) electrons. The van der Waals surface area contributed by atoms with Gasteiger partial charge < -0.3 is 19.8 Å². The molecule has 2 N–H and O–H groups in total. The normalized spacial score (nSPS) is 10.4. The van der Waals surface area contributed by atoms with Crippen LogP contribution >= 0.6 is 12.2 Å². The van der Waals surface area contributed by atoms with Gasteiger partial charge in [-0.15, -0.1) is 6.58 Å². The molecule has 8 nitrogen and oxygen atoms in total. The third-order valence-electron chi connectivity index (χ3n) is 3.63. The van der Waals surface area contributed by atoms with Crippen molar-refractivity contribution in [1.82, 2.24) is 20.3 Å². The van der Waals surface area contributed by atoms with Crippen LogP contribution in [0.25, 0.3) is 22.6 Å². The molecule has 0 bridgehead atoms. The van der Waals surface area contributed by atoms with Crippen LogP contribution in [0.1, 0.15) is 16.1 Å². The lowest BCUT2D eigenvalue weighted by Crippen LogP contribution is -2.28. The number of hydrogen-bond acceptors (Lipinski definition) is 7. The molecule has 0 saturated carbocycles. The molecule has 0 unspecified atom stereocenters. The fourth-order valence-electron chi connectivity index (χ4n) is 2.33. The highest BCUT2D eigenvalue weighted by atomic mass is 32.1. The van der Waals surface area contributed by atoms with Gasteiger partial charge in [-0.1, -0.05) is 6.08 Å². The zero-order valence-electron chi connectivity index (χ0n) is 14.8. The van der Waals surface area contributed by atoms with Crippen molar-refractivity contribution < 1.29 is 13.9 Å². The second-order valence-corrected chi connectivity index (χ2v) is 5.90. The van der Waals surface area contributed by atoms with E-state index in [9.17, 15) is 4.79 Å². The van der Waals surface area contributed by atoms with E-state index in [0.717, 1.165) is 0 Å². The number of nitrogens with one attached hydrogen (secondary N) is 2. The third kappa shape index (κ3) is 4.09. The predicted octanol–water partition coefficient (Wildman–Crippen LogP) is 2.85. The van der Waals surface area contributed by atoms with Crippen molar-refractivity contribution in [3.63, 3.8) is 0 Å². The van der Waals surface area contributed by atoms with Crippen molar-refractivity contribution in [3.05, 3.63) is 48.4 Å². The minimum atomic E-state index is -0.471. The summed E-state index contributed by atoms with van der Waals surface area (Å²) in [5, 5.41) is 6.36. The number of carbonyl (C=O) groups is 1. The molecule has 9 heteroatoms. The summed E-state index contributed by atoms with van der Waals surface area (Å²) in [6.07, 6.45) is 3.26. The standard InChI is InChI=1S/C18H17N5O3S/c1-4-7-19-18(27)23-15-6-5-12-16(22-15)21-13(9-20-12)14-8-11(10(2)26-14)17(24)25-3/h4-6,8-9H,1,7H2,2-3H3,(H2,19,21,22,23,27). The van der Waals surface area contributed by atoms with Gasteiger partial charge in [-0.05, 0) is 31.3 Å². The molecule has 0 saturated heterocycles. The smallest absolute Gasteiger partial charge is 0.341 e. The van der Waals surface area contributed by atoms with Crippen LogP contribution < -0.4 is 10.6 Å². The van der Waals surface area contributed by atoms with Crippen LogP contribution in [0, 0.1) is 6.92 Å². The number of aryl methyl sites for hydroxylation is 1. The lowest BCUT2D eigenvalue weighted by Gasteiger charge is -2.08. The van der Waals surface area contributed by atoms with Crippen molar-refractivity contribution in [1.29, 1.82) is 0 Å². The highest BCUT2D eigenvalue weighted by Crippen LogP contribution is 2.25. The van der Waals surface area contributed by atoms with E-state index in [2.05, 4.69) is 32.2 Å². The second kappa shape index (κ2) is 7.92. The maximum absolute atomic E-state index is 11.8. The highest BCUT2D eigenvalue weighted by Gasteiger charge is 2.17. The Labute approximate surface area is 160 Å². The van der Waals surface area contributed by atoms with E-state index in [1.54, 1.807) is 37.4 Å². The Bertz CT molecular complexity index is 1030. The zero-order chi connectivity index (χ0) is 19.4. The largest absolute Gasteiger partial charge is 0.465 e. The predicted molar refractivity (Wildman–Crippen MR) is 106 cm³/mol. The molecule has 0 aliphatic heterocycles. The number of hydrogen-bond donors (Lipinski definition) is 2. The van der Waals surface area contributed by atoms with Gasteiger partial charge in [0, 0.05) is 12.6 Å². The van der Waals surface area contributed by atoms with Crippen LogP contribution in [0.15, 0.2) is 41.5 Å². The summed E-state index contributed by atoms with van der Waals surface area (Å²) in [5.41, 5.74) is 1.83. The molecular formula is C18H17N5O3S. The number of carbonyl (C=O) groups excluding carboxylic acids is 1. The van der Waals surface area contributed by atoms with Crippen LogP contribution in [-0.2, 0) is 4.74 Å². The number of pyridine rings is 1. The van der Waals surface area contributed by atoms with Crippen LogP contribution in [0.4, 0.5) is 5.82 Å². The summed E-state index contributed by atoms with van der Waals surface area (Å²) in [7, 11) is 1.32. The van der Waals surface area contributed by atoms with Crippen LogP contribution in [-0.4, -0.2) is 39.7 Å². The molecule has 0 aliphatic carbocycles. The molecule has 138 valence electrons. The first kappa shape index (κ1) is 18.5. The summed E-state index contributed by atoms with van der Waals surface area (Å²) in [4.78, 5) is 25.0. The molecule has 3 rings (SSSR count). The molecule has 0 spiro atoms. The fraction of sp³-hybridized carbons (Fsp3) is 0.167. The molecule has 0 amide bonds. The van der Waals surface area contributed by atoms with Gasteiger partial charge in [0.05, 0.1) is 13.3 Å². The average molecular weight is 383 g/mol. The Morgan fingerprint density at radius 3 is 2.96 bits per heavy atom. The molecule has 3 aromatic rings. The molecule has 0 aliphatic rings. The third-order valence-corrected chi connectivity index (χ3v) is 3.88. The Balaban J connectivity index is 1.91. The zero-order valence-corrected chi connectivity index (χ0v) is 15.6. The average Bonchev–Trinajstić information content (AvgIpc) is 3.07. The van der Waals surface area contributed by atoms with Gasteiger partial charge in [0.2, 0.25) is 0 Å². The monoisotopic (exact) mass is 383 g/mol. The van der Waals surface area contributed by atoms with Crippen LogP contribution in [0.5, 0.6) is 0 Å². The van der Waals surface area contributed by atoms with E-state index in [4.69, 9.17) is 21.4 Å². The van der Waals surface area contributed by atoms with Crippen LogP contribution in [0.2, 0.25) is 0 Å². The maximum Gasteiger partial charge on any atom is 0.341 e. The molecule has 3 aromatic heterocycles. The number of esters is 1. The number of furan rings is 1. The summed E-state index contributed by atoms with van der Waals surface area (Å²) in [6.45, 7) is 5.85. The van der Waals surface area contributed by atoms with Gasteiger partial charge >= 0.3 is 5.97 Å². The number of aromatic nitrogens is 3. The first-order valence-corrected chi connectivity index (χ1v) is 8.41. The maximum atomic E-state index is 11.8. The topological polar surface area (TPSA) is 102 Å². The number of rotatable bonds is 5. The van der Waals surface area contributed by atoms with Crippen LogP contribution in [0.3, 0.4) is 0 Å². The van der Waals surface area contributed by atoms with E-state index in [1.807, 2.05) is 0 Å². The molecular weight excluding hydrogens is 366 g/mol. The Morgan fingerprint density at radius 2 is 2.22 bits per heavy atom. The SMILES string of the molecule is C=CCNC(=S)Nc1ccc2ncc(-c3cc(C(=O)OC)c(C)o3)nc2n1. The molecule has 0 atom stereocenters. The first-order chi connectivity index (χ1) is 13.0. The molecule has 3 heterocycles. The second-order valence-electron chi connectivity index (χ2n) is 5.49. The quantitative estimate of drug-likeness (QED) is 0.391. The molecule has 0 aromatic carbocycles. The van der Waals surface area contributed by atoms with Crippen molar-refractivity contribution in [2.45, 2.75) is 6.92 Å². The molecule has 0 fully saturated rings. The van der Waals surface area contributed by atoms with E-state index < -0.39 is 5.97 Å². The van der Waals surface area contributed by atoms with Gasteiger partial charge in [0.1, 0.15) is 28.4 Å². The lowest BCUT2D eigenvalue weighted by atomic mass is 10.2. The van der Waals surface area contributed by atoms with Crippen molar-refractivity contribution in [3.8, 4) is 11.5 Å². The van der Waals surface area contributed by atoms with Crippen molar-refractivity contribution in [2.24, 2.45) is 0 Å².